The Morgan fingerprint density at radius 3 is 2.75 bits per heavy atom. The molecule has 116 valence electrons. The molecule has 0 aromatic carbocycles. The van der Waals surface area contributed by atoms with Crippen LogP contribution < -0.4 is 10.6 Å². The van der Waals surface area contributed by atoms with Crippen LogP contribution >= 0.6 is 0 Å². The molecule has 0 radical (unpaired) electrons. The number of carbonyl (C=O) groups is 1. The van der Waals surface area contributed by atoms with Gasteiger partial charge in [0.05, 0.1) is 6.10 Å². The highest BCUT2D eigenvalue weighted by Crippen LogP contribution is 2.16. The lowest BCUT2D eigenvalue weighted by Crippen LogP contribution is -2.42. The summed E-state index contributed by atoms with van der Waals surface area (Å²) < 4.78 is 5.64. The topological polar surface area (TPSA) is 70.6 Å². The number of amides is 2. The Morgan fingerprint density at radius 1 is 1.45 bits per heavy atom. The van der Waals surface area contributed by atoms with Crippen LogP contribution in [0.5, 0.6) is 0 Å². The maximum absolute atomic E-state index is 11.7. The summed E-state index contributed by atoms with van der Waals surface area (Å²) in [5.41, 5.74) is 0. The van der Waals surface area contributed by atoms with E-state index in [-0.39, 0.29) is 30.7 Å². The van der Waals surface area contributed by atoms with E-state index < -0.39 is 0 Å². The Morgan fingerprint density at radius 2 is 2.20 bits per heavy atom. The smallest absolute Gasteiger partial charge is 0.315 e. The van der Waals surface area contributed by atoms with Crippen molar-refractivity contribution >= 4 is 6.03 Å². The number of rotatable bonds is 8. The molecule has 1 aliphatic carbocycles. The van der Waals surface area contributed by atoms with Crippen LogP contribution in [0.15, 0.2) is 12.2 Å². The van der Waals surface area contributed by atoms with Gasteiger partial charge in [0.25, 0.3) is 0 Å². The number of nitrogens with one attached hydrogen (secondary N) is 2. The number of hydrogen-bond acceptors (Lipinski definition) is 3. The molecular weight excluding hydrogens is 256 g/mol. The third-order valence-corrected chi connectivity index (χ3v) is 3.56. The fraction of sp³-hybridized carbons (Fsp3) is 0.800. The van der Waals surface area contributed by atoms with Crippen LogP contribution in [-0.2, 0) is 4.74 Å². The Hall–Kier alpha value is -1.07. The summed E-state index contributed by atoms with van der Waals surface area (Å²) in [7, 11) is 0. The lowest BCUT2D eigenvalue weighted by atomic mass is 10.0. The number of hydrogen-bond donors (Lipinski definition) is 3. The summed E-state index contributed by atoms with van der Waals surface area (Å²) >= 11 is 0. The summed E-state index contributed by atoms with van der Waals surface area (Å²) in [5.74, 6) is 0.617. The highest BCUT2D eigenvalue weighted by molar-refractivity contribution is 5.74. The van der Waals surface area contributed by atoms with E-state index in [0.29, 0.717) is 19.1 Å². The third kappa shape index (κ3) is 5.92. The SMILES string of the molecule is CCOC(CCNC(=O)N[C@@H]1C=C[C@H](CO)C1)C(C)C. The Labute approximate surface area is 121 Å². The van der Waals surface area contributed by atoms with E-state index in [1.54, 1.807) is 0 Å². The maximum atomic E-state index is 11.7. The van der Waals surface area contributed by atoms with E-state index in [0.717, 1.165) is 12.8 Å². The van der Waals surface area contributed by atoms with E-state index in [2.05, 4.69) is 24.5 Å². The third-order valence-electron chi connectivity index (χ3n) is 3.56. The Balaban J connectivity index is 2.18. The molecule has 3 N–H and O–H groups in total. The Bertz CT molecular complexity index is 318. The van der Waals surface area contributed by atoms with Crippen molar-refractivity contribution in [3.8, 4) is 0 Å². The van der Waals surface area contributed by atoms with E-state index in [1.165, 1.54) is 0 Å². The van der Waals surface area contributed by atoms with Crippen molar-refractivity contribution in [1.82, 2.24) is 10.6 Å². The Kier molecular flexibility index (Phi) is 7.62. The predicted octanol–water partition coefficient (Wildman–Crippen LogP) is 1.67. The molecule has 0 aromatic rings. The zero-order chi connectivity index (χ0) is 15.0. The fourth-order valence-corrected chi connectivity index (χ4v) is 2.39. The highest BCUT2D eigenvalue weighted by atomic mass is 16.5. The number of aliphatic hydroxyl groups is 1. The minimum absolute atomic E-state index is 0.0277. The van der Waals surface area contributed by atoms with Gasteiger partial charge in [0.2, 0.25) is 0 Å². The first-order valence-corrected chi connectivity index (χ1v) is 7.52. The van der Waals surface area contributed by atoms with Crippen LogP contribution in [0.3, 0.4) is 0 Å². The lowest BCUT2D eigenvalue weighted by molar-refractivity contribution is 0.0255. The second kappa shape index (κ2) is 8.97. The van der Waals surface area contributed by atoms with Crippen molar-refractivity contribution in [2.45, 2.75) is 45.8 Å². The van der Waals surface area contributed by atoms with E-state index >= 15 is 0 Å². The van der Waals surface area contributed by atoms with Gasteiger partial charge in [0, 0.05) is 31.7 Å². The van der Waals surface area contributed by atoms with Crippen molar-refractivity contribution < 1.29 is 14.6 Å². The molecule has 2 amide bonds. The molecule has 3 atom stereocenters. The van der Waals surface area contributed by atoms with Gasteiger partial charge in [-0.25, -0.2) is 4.79 Å². The average molecular weight is 284 g/mol. The molecule has 20 heavy (non-hydrogen) atoms. The van der Waals surface area contributed by atoms with Gasteiger partial charge in [-0.3, -0.25) is 0 Å². The van der Waals surface area contributed by atoms with E-state index in [9.17, 15) is 4.79 Å². The molecular formula is C15H28N2O3. The van der Waals surface area contributed by atoms with Crippen molar-refractivity contribution in [3.05, 3.63) is 12.2 Å². The van der Waals surface area contributed by atoms with Gasteiger partial charge in [-0.05, 0) is 25.7 Å². The molecule has 0 heterocycles. The largest absolute Gasteiger partial charge is 0.396 e. The van der Waals surface area contributed by atoms with Crippen LogP contribution in [0.1, 0.15) is 33.6 Å². The normalized spacial score (nSPS) is 23.1. The van der Waals surface area contributed by atoms with Crippen molar-refractivity contribution in [2.75, 3.05) is 19.8 Å². The second-order valence-electron chi connectivity index (χ2n) is 5.60. The summed E-state index contributed by atoms with van der Waals surface area (Å²) in [4.78, 5) is 11.7. The second-order valence-corrected chi connectivity index (χ2v) is 5.60. The molecule has 0 saturated carbocycles. The fourth-order valence-electron chi connectivity index (χ4n) is 2.39. The molecule has 0 fully saturated rings. The molecule has 1 aliphatic rings. The summed E-state index contributed by atoms with van der Waals surface area (Å²) in [6, 6.07) is -0.128. The van der Waals surface area contributed by atoms with Crippen LogP contribution in [0.25, 0.3) is 0 Å². The summed E-state index contributed by atoms with van der Waals surface area (Å²) in [6.45, 7) is 7.68. The minimum Gasteiger partial charge on any atom is -0.396 e. The van der Waals surface area contributed by atoms with Crippen LogP contribution in [0, 0.1) is 11.8 Å². The van der Waals surface area contributed by atoms with Crippen LogP contribution in [0.2, 0.25) is 0 Å². The zero-order valence-corrected chi connectivity index (χ0v) is 12.8. The monoisotopic (exact) mass is 284 g/mol. The van der Waals surface area contributed by atoms with Gasteiger partial charge in [0.15, 0.2) is 0 Å². The number of urea groups is 1. The number of aliphatic hydroxyl groups excluding tert-OH is 1. The predicted molar refractivity (Wildman–Crippen MR) is 79.5 cm³/mol. The lowest BCUT2D eigenvalue weighted by Gasteiger charge is -2.21. The first kappa shape index (κ1) is 17.0. The molecule has 5 heteroatoms. The maximum Gasteiger partial charge on any atom is 0.315 e. The number of ether oxygens (including phenoxy) is 1. The minimum atomic E-state index is -0.155. The van der Waals surface area contributed by atoms with Gasteiger partial charge in [-0.2, -0.15) is 0 Å². The number of carbonyl (C=O) groups excluding carboxylic acids is 1. The van der Waals surface area contributed by atoms with Gasteiger partial charge in [-0.15, -0.1) is 0 Å². The standard InChI is InChI=1S/C15H28N2O3/c1-4-20-14(11(2)3)7-8-16-15(19)17-13-6-5-12(9-13)10-18/h5-6,11-14,18H,4,7-10H2,1-3H3,(H2,16,17,19)/t12-,13+,14?/m0/s1. The summed E-state index contributed by atoms with van der Waals surface area (Å²) in [6.07, 6.45) is 5.67. The first-order chi connectivity index (χ1) is 9.56. The molecule has 0 bridgehead atoms. The quantitative estimate of drug-likeness (QED) is 0.594. The van der Waals surface area contributed by atoms with Crippen LogP contribution in [-0.4, -0.2) is 43.0 Å². The van der Waals surface area contributed by atoms with Gasteiger partial charge in [0.1, 0.15) is 0 Å². The molecule has 0 spiro atoms. The van der Waals surface area contributed by atoms with Crippen molar-refractivity contribution in [2.24, 2.45) is 11.8 Å². The zero-order valence-electron chi connectivity index (χ0n) is 12.8. The molecule has 1 unspecified atom stereocenters. The van der Waals surface area contributed by atoms with Crippen molar-refractivity contribution in [1.29, 1.82) is 0 Å². The molecule has 5 nitrogen and oxygen atoms in total. The first-order valence-electron chi connectivity index (χ1n) is 7.52. The van der Waals surface area contributed by atoms with Gasteiger partial charge >= 0.3 is 6.03 Å². The average Bonchev–Trinajstić information content (AvgIpc) is 2.85. The van der Waals surface area contributed by atoms with Crippen LogP contribution in [0.4, 0.5) is 4.79 Å². The molecule has 1 rings (SSSR count). The highest BCUT2D eigenvalue weighted by Gasteiger charge is 2.19. The van der Waals surface area contributed by atoms with Gasteiger partial charge < -0.3 is 20.5 Å². The summed E-state index contributed by atoms with van der Waals surface area (Å²) in [5, 5.41) is 14.8. The molecule has 0 aromatic heterocycles. The van der Waals surface area contributed by atoms with Crippen molar-refractivity contribution in [3.63, 3.8) is 0 Å². The molecule has 0 saturated heterocycles. The van der Waals surface area contributed by atoms with Gasteiger partial charge in [-0.1, -0.05) is 26.0 Å². The molecule has 0 aliphatic heterocycles. The van der Waals surface area contributed by atoms with E-state index in [4.69, 9.17) is 9.84 Å². The van der Waals surface area contributed by atoms with E-state index in [1.807, 2.05) is 19.1 Å².